The van der Waals surface area contributed by atoms with Gasteiger partial charge in [-0.1, -0.05) is 0 Å². The van der Waals surface area contributed by atoms with Crippen molar-refractivity contribution < 1.29 is 19.1 Å². The van der Waals surface area contributed by atoms with Crippen LogP contribution in [0, 0.1) is 0 Å². The molecule has 0 unspecified atom stereocenters. The van der Waals surface area contributed by atoms with Crippen molar-refractivity contribution in [2.75, 3.05) is 6.61 Å². The van der Waals surface area contributed by atoms with E-state index in [9.17, 15) is 14.4 Å². The number of fused-ring (bicyclic) bond motifs is 1. The second-order valence-corrected chi connectivity index (χ2v) is 4.39. The van der Waals surface area contributed by atoms with Gasteiger partial charge in [-0.3, -0.25) is 14.5 Å². The van der Waals surface area contributed by atoms with Crippen molar-refractivity contribution in [3.63, 3.8) is 0 Å². The van der Waals surface area contributed by atoms with Crippen molar-refractivity contribution in [1.29, 1.82) is 0 Å². The lowest BCUT2D eigenvalue weighted by molar-refractivity contribution is -0.150. The average Bonchev–Trinajstić information content (AvgIpc) is 2.51. The number of Topliss-reactive ketones (excluding diaryl/α,β-unsaturated/α-hetero) is 1. The number of β-lactam (4-membered cyclic amide) rings is 1. The summed E-state index contributed by atoms with van der Waals surface area (Å²) in [7, 11) is 0. The highest BCUT2D eigenvalue weighted by atomic mass is 32.2. The normalized spacial score (nSPS) is 23.0. The monoisotopic (exact) mass is 227 g/mol. The molecule has 0 aromatic rings. The predicted octanol–water partition coefficient (Wildman–Crippen LogP) is 0.265. The average molecular weight is 227 g/mol. The van der Waals surface area contributed by atoms with Crippen LogP contribution in [0.2, 0.25) is 0 Å². The van der Waals surface area contributed by atoms with E-state index in [1.165, 1.54) is 23.6 Å². The maximum atomic E-state index is 11.4. The maximum Gasteiger partial charge on any atom is 0.356 e. The van der Waals surface area contributed by atoms with Gasteiger partial charge in [-0.05, 0) is 6.92 Å². The Bertz CT molecular complexity index is 376. The third-order valence-corrected chi connectivity index (χ3v) is 3.17. The number of ether oxygens (including phenoxy) is 1. The first-order valence-corrected chi connectivity index (χ1v) is 5.38. The molecule has 0 aromatic heterocycles. The molecule has 2 aliphatic rings. The van der Waals surface area contributed by atoms with E-state index in [1.807, 2.05) is 0 Å². The quantitative estimate of drug-likeness (QED) is 0.511. The van der Waals surface area contributed by atoms with Gasteiger partial charge in [0.05, 0.1) is 11.8 Å². The van der Waals surface area contributed by atoms with Gasteiger partial charge in [-0.2, -0.15) is 0 Å². The molecule has 80 valence electrons. The summed E-state index contributed by atoms with van der Waals surface area (Å²) in [6, 6.07) is 0. The fourth-order valence-corrected chi connectivity index (χ4v) is 2.46. The van der Waals surface area contributed by atoms with Crippen molar-refractivity contribution in [2.45, 2.75) is 18.7 Å². The molecule has 1 atom stereocenters. The Labute approximate surface area is 90.4 Å². The molecule has 2 aliphatic heterocycles. The third-order valence-electron chi connectivity index (χ3n) is 2.12. The summed E-state index contributed by atoms with van der Waals surface area (Å²) < 4.78 is 4.72. The number of esters is 1. The minimum Gasteiger partial charge on any atom is -0.453 e. The molecular weight excluding hydrogens is 218 g/mol. The number of carbonyl (C=O) groups excluding carboxylic acids is 3. The largest absolute Gasteiger partial charge is 0.453 e. The maximum absolute atomic E-state index is 11.4. The number of amides is 1. The lowest BCUT2D eigenvalue weighted by Crippen LogP contribution is -2.48. The van der Waals surface area contributed by atoms with Crippen LogP contribution in [-0.2, 0) is 19.1 Å². The van der Waals surface area contributed by atoms with Crippen LogP contribution < -0.4 is 0 Å². The molecule has 1 saturated heterocycles. The van der Waals surface area contributed by atoms with Crippen LogP contribution in [0.25, 0.3) is 0 Å². The Morgan fingerprint density at radius 3 is 3.00 bits per heavy atom. The van der Waals surface area contributed by atoms with E-state index in [-0.39, 0.29) is 29.4 Å². The lowest BCUT2D eigenvalue weighted by atomic mass is 10.2. The zero-order valence-corrected chi connectivity index (χ0v) is 8.87. The van der Waals surface area contributed by atoms with Crippen molar-refractivity contribution in [2.24, 2.45) is 0 Å². The first-order valence-electron chi connectivity index (χ1n) is 4.44. The fraction of sp³-hybridized carbons (Fsp3) is 0.444. The number of nitrogens with zero attached hydrogens (tertiary/aromatic N) is 1. The molecule has 0 aliphatic carbocycles. The first kappa shape index (κ1) is 10.2. The number of carbonyl (C=O) groups is 3. The molecule has 2 heterocycles. The summed E-state index contributed by atoms with van der Waals surface area (Å²) in [6.45, 7) is 1.09. The highest BCUT2D eigenvalue weighted by Gasteiger charge is 2.45. The standard InChI is InChI=1S/C9H9NO4S/c1-5(11)3-14-9(13)6-4-15-8-2-7(12)10(6)8/h4,8H,2-3H2,1H3/t8-/m0/s1. The van der Waals surface area contributed by atoms with Crippen LogP contribution in [0.3, 0.4) is 0 Å². The van der Waals surface area contributed by atoms with Gasteiger partial charge in [0, 0.05) is 5.41 Å². The van der Waals surface area contributed by atoms with Gasteiger partial charge < -0.3 is 4.74 Å². The van der Waals surface area contributed by atoms with Gasteiger partial charge in [0.1, 0.15) is 12.3 Å². The van der Waals surface area contributed by atoms with Gasteiger partial charge in [-0.15, -0.1) is 11.8 Å². The molecule has 1 fully saturated rings. The molecule has 6 heteroatoms. The molecule has 0 spiro atoms. The van der Waals surface area contributed by atoms with Gasteiger partial charge in [-0.25, -0.2) is 4.79 Å². The van der Waals surface area contributed by atoms with Gasteiger partial charge in [0.15, 0.2) is 5.78 Å². The highest BCUT2D eigenvalue weighted by molar-refractivity contribution is 8.03. The number of rotatable bonds is 3. The zero-order valence-electron chi connectivity index (χ0n) is 8.06. The van der Waals surface area contributed by atoms with E-state index < -0.39 is 5.97 Å². The van der Waals surface area contributed by atoms with E-state index in [4.69, 9.17) is 4.74 Å². The molecule has 0 aromatic carbocycles. The highest BCUT2D eigenvalue weighted by Crippen LogP contribution is 2.40. The minimum absolute atomic E-state index is 0.0531. The molecule has 0 bridgehead atoms. The lowest BCUT2D eigenvalue weighted by Gasteiger charge is -2.34. The Morgan fingerprint density at radius 2 is 2.40 bits per heavy atom. The molecule has 2 rings (SSSR count). The second-order valence-electron chi connectivity index (χ2n) is 3.34. The molecule has 0 N–H and O–H groups in total. The third kappa shape index (κ3) is 1.77. The van der Waals surface area contributed by atoms with Crippen molar-refractivity contribution in [3.05, 3.63) is 11.1 Å². The predicted molar refractivity (Wildman–Crippen MR) is 52.6 cm³/mol. The summed E-state index contributed by atoms with van der Waals surface area (Å²) in [5.41, 5.74) is 0.252. The summed E-state index contributed by atoms with van der Waals surface area (Å²) in [6.07, 6.45) is 0.463. The van der Waals surface area contributed by atoms with E-state index in [2.05, 4.69) is 0 Å². The molecule has 1 amide bonds. The minimum atomic E-state index is -0.603. The summed E-state index contributed by atoms with van der Waals surface area (Å²) in [4.78, 5) is 34.6. The SMILES string of the molecule is CC(=O)COC(=O)C1=CS[C@H]2CC(=O)N12. The Hall–Kier alpha value is -1.30. The van der Waals surface area contributed by atoms with Gasteiger partial charge >= 0.3 is 5.97 Å². The number of hydrogen-bond donors (Lipinski definition) is 0. The van der Waals surface area contributed by atoms with Crippen LogP contribution in [0.4, 0.5) is 0 Å². The molecule has 0 saturated carbocycles. The second kappa shape index (κ2) is 3.69. The number of thioether (sulfide) groups is 1. The van der Waals surface area contributed by atoms with Crippen molar-refractivity contribution in [1.82, 2.24) is 4.90 Å². The Morgan fingerprint density at radius 1 is 1.67 bits per heavy atom. The molecule has 5 nitrogen and oxygen atoms in total. The zero-order chi connectivity index (χ0) is 11.0. The van der Waals surface area contributed by atoms with Crippen LogP contribution in [0.1, 0.15) is 13.3 Å². The van der Waals surface area contributed by atoms with Crippen molar-refractivity contribution in [3.8, 4) is 0 Å². The number of hydrogen-bond acceptors (Lipinski definition) is 5. The van der Waals surface area contributed by atoms with Crippen LogP contribution >= 0.6 is 11.8 Å². The summed E-state index contributed by atoms with van der Waals surface area (Å²) in [5, 5.41) is 1.66. The molecule has 15 heavy (non-hydrogen) atoms. The van der Waals surface area contributed by atoms with Crippen LogP contribution in [0.5, 0.6) is 0 Å². The number of ketones is 1. The smallest absolute Gasteiger partial charge is 0.356 e. The fourth-order valence-electron chi connectivity index (χ4n) is 1.37. The molecule has 0 radical (unpaired) electrons. The Balaban J connectivity index is 1.96. The van der Waals surface area contributed by atoms with Crippen molar-refractivity contribution >= 4 is 29.4 Å². The summed E-state index contributed by atoms with van der Waals surface area (Å²) in [5.74, 6) is -0.898. The van der Waals surface area contributed by atoms with E-state index in [0.29, 0.717) is 6.42 Å². The summed E-state index contributed by atoms with van der Waals surface area (Å²) >= 11 is 1.42. The van der Waals surface area contributed by atoms with Crippen LogP contribution in [0.15, 0.2) is 11.1 Å². The van der Waals surface area contributed by atoms with Gasteiger partial charge in [0.2, 0.25) is 5.91 Å². The van der Waals surface area contributed by atoms with E-state index in [0.717, 1.165) is 0 Å². The van der Waals surface area contributed by atoms with E-state index in [1.54, 1.807) is 5.41 Å². The Kier molecular flexibility index (Phi) is 2.52. The van der Waals surface area contributed by atoms with Gasteiger partial charge in [0.25, 0.3) is 0 Å². The van der Waals surface area contributed by atoms with E-state index >= 15 is 0 Å². The van der Waals surface area contributed by atoms with Crippen LogP contribution in [-0.4, -0.2) is 34.5 Å². The first-order chi connectivity index (χ1) is 7.09. The molecular formula is C9H9NO4S. The topological polar surface area (TPSA) is 63.7 Å².